The summed E-state index contributed by atoms with van der Waals surface area (Å²) in [6.45, 7) is 2.20. The van der Waals surface area contributed by atoms with Gasteiger partial charge in [0.15, 0.2) is 0 Å². The van der Waals surface area contributed by atoms with E-state index < -0.39 is 0 Å². The first-order valence-electron chi connectivity index (χ1n) is 5.25. The highest BCUT2D eigenvalue weighted by Crippen LogP contribution is 2.36. The third-order valence-electron chi connectivity index (χ3n) is 3.24. The first kappa shape index (κ1) is 10.8. The van der Waals surface area contributed by atoms with Crippen molar-refractivity contribution in [3.05, 3.63) is 28.5 Å². The van der Waals surface area contributed by atoms with Crippen molar-refractivity contribution < 1.29 is 4.79 Å². The van der Waals surface area contributed by atoms with E-state index >= 15 is 0 Å². The Kier molecular flexibility index (Phi) is 2.91. The molecule has 1 aliphatic rings. The predicted molar refractivity (Wildman–Crippen MR) is 62.8 cm³/mol. The number of pyridine rings is 1. The fraction of sp³-hybridized carbons (Fsp3) is 0.500. The van der Waals surface area contributed by atoms with Gasteiger partial charge in [-0.2, -0.15) is 0 Å². The SMILES string of the molecule is CC1(c2cccc(Br)n2)CCC(=O)CC1. The van der Waals surface area contributed by atoms with Gasteiger partial charge < -0.3 is 0 Å². The molecule has 0 bridgehead atoms. The number of Topliss-reactive ketones (excluding diaryl/α,β-unsaturated/α-hetero) is 1. The second kappa shape index (κ2) is 4.05. The summed E-state index contributed by atoms with van der Waals surface area (Å²) in [7, 11) is 0. The lowest BCUT2D eigenvalue weighted by molar-refractivity contribution is -0.121. The molecular formula is C12H14BrNO. The third kappa shape index (κ3) is 2.28. The van der Waals surface area contributed by atoms with Crippen LogP contribution in [0.4, 0.5) is 0 Å². The minimum Gasteiger partial charge on any atom is -0.300 e. The Morgan fingerprint density at radius 1 is 1.33 bits per heavy atom. The number of hydrogen-bond donors (Lipinski definition) is 0. The number of carbonyl (C=O) groups is 1. The lowest BCUT2D eigenvalue weighted by Gasteiger charge is -2.32. The number of carbonyl (C=O) groups excluding carboxylic acids is 1. The summed E-state index contributed by atoms with van der Waals surface area (Å²) < 4.78 is 0.873. The fourth-order valence-electron chi connectivity index (χ4n) is 2.08. The zero-order chi connectivity index (χ0) is 10.9. The van der Waals surface area contributed by atoms with Gasteiger partial charge in [0.05, 0.1) is 0 Å². The Morgan fingerprint density at radius 2 is 2.00 bits per heavy atom. The highest BCUT2D eigenvalue weighted by molar-refractivity contribution is 9.10. The van der Waals surface area contributed by atoms with Gasteiger partial charge in [0, 0.05) is 24.0 Å². The summed E-state index contributed by atoms with van der Waals surface area (Å²) in [6, 6.07) is 6.00. The van der Waals surface area contributed by atoms with Crippen molar-refractivity contribution in [2.75, 3.05) is 0 Å². The minimum atomic E-state index is 0.0810. The summed E-state index contributed by atoms with van der Waals surface area (Å²) >= 11 is 3.39. The largest absolute Gasteiger partial charge is 0.300 e. The van der Waals surface area contributed by atoms with Gasteiger partial charge in [-0.3, -0.25) is 4.79 Å². The molecule has 1 aromatic heterocycles. The summed E-state index contributed by atoms with van der Waals surface area (Å²) in [5.74, 6) is 0.391. The maximum absolute atomic E-state index is 11.2. The normalized spacial score (nSPS) is 20.3. The molecule has 0 spiro atoms. The molecule has 2 nitrogen and oxygen atoms in total. The smallest absolute Gasteiger partial charge is 0.132 e. The van der Waals surface area contributed by atoms with Crippen LogP contribution in [0, 0.1) is 0 Å². The van der Waals surface area contributed by atoms with Crippen molar-refractivity contribution >= 4 is 21.7 Å². The lowest BCUT2D eigenvalue weighted by atomic mass is 9.73. The Hall–Kier alpha value is -0.700. The van der Waals surface area contributed by atoms with Crippen LogP contribution in [0.2, 0.25) is 0 Å². The van der Waals surface area contributed by atoms with E-state index in [9.17, 15) is 4.79 Å². The molecule has 0 atom stereocenters. The minimum absolute atomic E-state index is 0.0810. The van der Waals surface area contributed by atoms with Gasteiger partial charge in [-0.25, -0.2) is 4.98 Å². The van der Waals surface area contributed by atoms with Crippen LogP contribution in [0.5, 0.6) is 0 Å². The van der Waals surface area contributed by atoms with Gasteiger partial charge in [-0.15, -0.1) is 0 Å². The van der Waals surface area contributed by atoms with Crippen LogP contribution in [0.3, 0.4) is 0 Å². The van der Waals surface area contributed by atoms with E-state index in [4.69, 9.17) is 0 Å². The summed E-state index contributed by atoms with van der Waals surface area (Å²) in [5, 5.41) is 0. The van der Waals surface area contributed by atoms with E-state index in [1.54, 1.807) is 0 Å². The standard InChI is InChI=1S/C12H14BrNO/c1-12(7-5-9(15)6-8-12)10-3-2-4-11(13)14-10/h2-4H,5-8H2,1H3. The molecule has 1 saturated carbocycles. The van der Waals surface area contributed by atoms with Crippen molar-refractivity contribution in [1.29, 1.82) is 0 Å². The second-order valence-electron chi connectivity index (χ2n) is 4.44. The van der Waals surface area contributed by atoms with Gasteiger partial charge in [-0.05, 0) is 40.9 Å². The Labute approximate surface area is 98.2 Å². The molecular weight excluding hydrogens is 254 g/mol. The monoisotopic (exact) mass is 267 g/mol. The molecule has 1 fully saturated rings. The van der Waals surface area contributed by atoms with E-state index in [1.165, 1.54) is 0 Å². The number of aromatic nitrogens is 1. The van der Waals surface area contributed by atoms with E-state index in [0.29, 0.717) is 18.6 Å². The molecule has 0 saturated heterocycles. The van der Waals surface area contributed by atoms with Crippen LogP contribution in [0.25, 0.3) is 0 Å². The third-order valence-corrected chi connectivity index (χ3v) is 3.69. The average Bonchev–Trinajstić information content (AvgIpc) is 2.23. The van der Waals surface area contributed by atoms with Gasteiger partial charge in [0.25, 0.3) is 0 Å². The number of halogens is 1. The second-order valence-corrected chi connectivity index (χ2v) is 5.26. The van der Waals surface area contributed by atoms with Crippen LogP contribution in [-0.2, 0) is 10.2 Å². The zero-order valence-electron chi connectivity index (χ0n) is 8.79. The van der Waals surface area contributed by atoms with Gasteiger partial charge >= 0.3 is 0 Å². The maximum atomic E-state index is 11.2. The molecule has 0 unspecified atom stereocenters. The lowest BCUT2D eigenvalue weighted by Crippen LogP contribution is -2.29. The molecule has 1 heterocycles. The van der Waals surface area contributed by atoms with Crippen molar-refractivity contribution in [2.45, 2.75) is 38.0 Å². The number of ketones is 1. The van der Waals surface area contributed by atoms with Crippen molar-refractivity contribution in [2.24, 2.45) is 0 Å². The molecule has 1 aromatic rings. The molecule has 80 valence electrons. The van der Waals surface area contributed by atoms with E-state index in [1.807, 2.05) is 12.1 Å². The number of nitrogens with zero attached hydrogens (tertiary/aromatic N) is 1. The Morgan fingerprint density at radius 3 is 2.60 bits per heavy atom. The van der Waals surface area contributed by atoms with Crippen LogP contribution < -0.4 is 0 Å². The molecule has 2 rings (SSSR count). The molecule has 0 aromatic carbocycles. The van der Waals surface area contributed by atoms with Crippen molar-refractivity contribution in [1.82, 2.24) is 4.98 Å². The molecule has 0 amide bonds. The van der Waals surface area contributed by atoms with E-state index in [0.717, 1.165) is 23.1 Å². The number of rotatable bonds is 1. The van der Waals surface area contributed by atoms with Crippen LogP contribution in [0.15, 0.2) is 22.8 Å². The Balaban J connectivity index is 2.25. The summed E-state index contributed by atoms with van der Waals surface area (Å²) in [6.07, 6.45) is 3.25. The van der Waals surface area contributed by atoms with E-state index in [-0.39, 0.29) is 5.41 Å². The molecule has 15 heavy (non-hydrogen) atoms. The zero-order valence-corrected chi connectivity index (χ0v) is 10.4. The molecule has 1 aliphatic carbocycles. The van der Waals surface area contributed by atoms with Gasteiger partial charge in [0.2, 0.25) is 0 Å². The summed E-state index contributed by atoms with van der Waals surface area (Å²) in [5.41, 5.74) is 1.18. The van der Waals surface area contributed by atoms with Gasteiger partial charge in [0.1, 0.15) is 10.4 Å². The summed E-state index contributed by atoms with van der Waals surface area (Å²) in [4.78, 5) is 15.7. The number of hydrogen-bond acceptors (Lipinski definition) is 2. The average molecular weight is 268 g/mol. The molecule has 0 aliphatic heterocycles. The Bertz CT molecular complexity index is 379. The quantitative estimate of drug-likeness (QED) is 0.732. The highest BCUT2D eigenvalue weighted by Gasteiger charge is 2.32. The highest BCUT2D eigenvalue weighted by atomic mass is 79.9. The topological polar surface area (TPSA) is 30.0 Å². The fourth-order valence-corrected chi connectivity index (χ4v) is 2.42. The first-order valence-corrected chi connectivity index (χ1v) is 6.04. The van der Waals surface area contributed by atoms with Crippen LogP contribution in [-0.4, -0.2) is 10.8 Å². The molecule has 0 radical (unpaired) electrons. The molecule has 0 N–H and O–H groups in total. The molecule has 3 heteroatoms. The first-order chi connectivity index (χ1) is 7.10. The predicted octanol–water partition coefficient (Wildman–Crippen LogP) is 3.24. The van der Waals surface area contributed by atoms with Crippen LogP contribution >= 0.6 is 15.9 Å². The van der Waals surface area contributed by atoms with Crippen LogP contribution in [0.1, 0.15) is 38.3 Å². The van der Waals surface area contributed by atoms with E-state index in [2.05, 4.69) is 33.9 Å². The van der Waals surface area contributed by atoms with Gasteiger partial charge in [-0.1, -0.05) is 13.0 Å². The van der Waals surface area contributed by atoms with Crippen molar-refractivity contribution in [3.8, 4) is 0 Å². The maximum Gasteiger partial charge on any atom is 0.132 e. The van der Waals surface area contributed by atoms with Crippen molar-refractivity contribution in [3.63, 3.8) is 0 Å².